The lowest BCUT2D eigenvalue weighted by atomic mass is 10.0. The Kier molecular flexibility index (Phi) is 3.38. The van der Waals surface area contributed by atoms with Gasteiger partial charge in [-0.1, -0.05) is 37.3 Å². The molecule has 3 rings (SSSR count). The van der Waals surface area contributed by atoms with Gasteiger partial charge in [-0.25, -0.2) is 4.98 Å². The molecule has 0 saturated heterocycles. The van der Waals surface area contributed by atoms with Crippen molar-refractivity contribution in [1.29, 1.82) is 0 Å². The minimum absolute atomic E-state index is 0.0879. The van der Waals surface area contributed by atoms with E-state index in [2.05, 4.69) is 28.6 Å². The molecule has 0 radical (unpaired) electrons. The summed E-state index contributed by atoms with van der Waals surface area (Å²) in [7, 11) is 0. The van der Waals surface area contributed by atoms with Gasteiger partial charge in [0, 0.05) is 6.54 Å². The molecule has 1 aromatic heterocycles. The predicted molar refractivity (Wildman–Crippen MR) is 76.6 cm³/mol. The largest absolute Gasteiger partial charge is 0.333 e. The van der Waals surface area contributed by atoms with Crippen LogP contribution in [0.5, 0.6) is 0 Å². The van der Waals surface area contributed by atoms with Gasteiger partial charge in [-0.3, -0.25) is 0 Å². The minimum Gasteiger partial charge on any atom is -0.333 e. The summed E-state index contributed by atoms with van der Waals surface area (Å²) in [4.78, 5) is 4.28. The Morgan fingerprint density at radius 2 is 2.05 bits per heavy atom. The van der Waals surface area contributed by atoms with Crippen LogP contribution in [-0.4, -0.2) is 9.55 Å². The van der Waals surface area contributed by atoms with Gasteiger partial charge in [-0.15, -0.1) is 0 Å². The molecule has 1 fully saturated rings. The third-order valence-electron chi connectivity index (χ3n) is 4.13. The number of rotatable bonds is 5. The Balaban J connectivity index is 1.79. The van der Waals surface area contributed by atoms with Gasteiger partial charge in [0.25, 0.3) is 0 Å². The quantitative estimate of drug-likeness (QED) is 0.892. The summed E-state index contributed by atoms with van der Waals surface area (Å²) in [5.41, 5.74) is 8.62. The van der Waals surface area contributed by atoms with Crippen molar-refractivity contribution >= 4 is 0 Å². The van der Waals surface area contributed by atoms with Crippen molar-refractivity contribution in [2.24, 2.45) is 17.6 Å². The normalized spacial score (nSPS) is 18.2. The summed E-state index contributed by atoms with van der Waals surface area (Å²) in [6.07, 6.45) is 6.58. The van der Waals surface area contributed by atoms with Gasteiger partial charge in [0.1, 0.15) is 0 Å². The standard InChI is InChI=1S/C16H21N3/c1-12(13-7-8-13)10-19-11-18-9-15(19)16(17)14-5-3-2-4-6-14/h2-6,9,11-13,16H,7-8,10,17H2,1H3. The molecule has 0 spiro atoms. The lowest BCUT2D eigenvalue weighted by molar-refractivity contribution is 0.420. The Morgan fingerprint density at radius 1 is 1.32 bits per heavy atom. The molecule has 100 valence electrons. The zero-order chi connectivity index (χ0) is 13.2. The highest BCUT2D eigenvalue weighted by molar-refractivity contribution is 5.26. The Bertz CT molecular complexity index is 528. The van der Waals surface area contributed by atoms with Gasteiger partial charge >= 0.3 is 0 Å². The smallest absolute Gasteiger partial charge is 0.0948 e. The van der Waals surface area contributed by atoms with Crippen LogP contribution < -0.4 is 5.73 Å². The molecule has 1 aromatic carbocycles. The maximum atomic E-state index is 6.37. The zero-order valence-electron chi connectivity index (χ0n) is 11.4. The summed E-state index contributed by atoms with van der Waals surface area (Å²) in [5, 5.41) is 0. The Hall–Kier alpha value is -1.61. The Morgan fingerprint density at radius 3 is 2.74 bits per heavy atom. The van der Waals surface area contributed by atoms with Gasteiger partial charge in [-0.2, -0.15) is 0 Å². The second-order valence-electron chi connectivity index (χ2n) is 5.67. The number of hydrogen-bond acceptors (Lipinski definition) is 2. The van der Waals surface area contributed by atoms with Gasteiger partial charge in [-0.05, 0) is 30.2 Å². The van der Waals surface area contributed by atoms with Crippen LogP contribution in [0.4, 0.5) is 0 Å². The summed E-state index contributed by atoms with van der Waals surface area (Å²) in [6, 6.07) is 10.1. The first-order chi connectivity index (χ1) is 9.25. The van der Waals surface area contributed by atoms with E-state index in [-0.39, 0.29) is 6.04 Å². The van der Waals surface area contributed by atoms with E-state index in [1.165, 1.54) is 12.8 Å². The maximum absolute atomic E-state index is 6.37. The summed E-state index contributed by atoms with van der Waals surface area (Å²) < 4.78 is 2.22. The van der Waals surface area contributed by atoms with E-state index in [1.54, 1.807) is 0 Å². The van der Waals surface area contributed by atoms with E-state index in [9.17, 15) is 0 Å². The molecule has 2 N–H and O–H groups in total. The average Bonchev–Trinajstić information content (AvgIpc) is 3.20. The molecular weight excluding hydrogens is 234 g/mol. The first-order valence-corrected chi connectivity index (χ1v) is 7.06. The first kappa shape index (κ1) is 12.4. The molecule has 2 unspecified atom stereocenters. The van der Waals surface area contributed by atoms with E-state index in [4.69, 9.17) is 5.73 Å². The molecule has 3 nitrogen and oxygen atoms in total. The summed E-state index contributed by atoms with van der Waals surface area (Å²) in [6.45, 7) is 3.36. The Labute approximate surface area is 114 Å². The van der Waals surface area contributed by atoms with Crippen LogP contribution in [0.15, 0.2) is 42.9 Å². The van der Waals surface area contributed by atoms with Crippen LogP contribution in [0.2, 0.25) is 0 Å². The molecule has 1 aliphatic carbocycles. The lowest BCUT2D eigenvalue weighted by Gasteiger charge is -2.18. The van der Waals surface area contributed by atoms with Crippen LogP contribution >= 0.6 is 0 Å². The second-order valence-corrected chi connectivity index (χ2v) is 5.67. The van der Waals surface area contributed by atoms with Crippen molar-refractivity contribution in [2.75, 3.05) is 0 Å². The van der Waals surface area contributed by atoms with Crippen LogP contribution in [0, 0.1) is 11.8 Å². The molecule has 2 aromatic rings. The SMILES string of the molecule is CC(Cn1cncc1C(N)c1ccccc1)C1CC1. The predicted octanol–water partition coefficient (Wildman–Crippen LogP) is 2.98. The van der Waals surface area contributed by atoms with Gasteiger partial charge in [0.15, 0.2) is 0 Å². The molecule has 1 aliphatic rings. The fourth-order valence-electron chi connectivity index (χ4n) is 2.70. The van der Waals surface area contributed by atoms with Gasteiger partial charge in [0.05, 0.1) is 24.3 Å². The molecule has 1 heterocycles. The number of benzene rings is 1. The first-order valence-electron chi connectivity index (χ1n) is 7.06. The van der Waals surface area contributed by atoms with Gasteiger partial charge in [0.2, 0.25) is 0 Å². The lowest BCUT2D eigenvalue weighted by Crippen LogP contribution is -2.19. The number of hydrogen-bond donors (Lipinski definition) is 1. The molecule has 19 heavy (non-hydrogen) atoms. The van der Waals surface area contributed by atoms with Crippen molar-refractivity contribution in [3.63, 3.8) is 0 Å². The van der Waals surface area contributed by atoms with E-state index in [0.717, 1.165) is 29.6 Å². The maximum Gasteiger partial charge on any atom is 0.0948 e. The number of imidazole rings is 1. The zero-order valence-corrected chi connectivity index (χ0v) is 11.4. The highest BCUT2D eigenvalue weighted by Gasteiger charge is 2.28. The third kappa shape index (κ3) is 2.71. The summed E-state index contributed by atoms with van der Waals surface area (Å²) in [5.74, 6) is 1.62. The van der Waals surface area contributed by atoms with Crippen LogP contribution in [-0.2, 0) is 6.54 Å². The van der Waals surface area contributed by atoms with E-state index < -0.39 is 0 Å². The molecule has 3 heteroatoms. The topological polar surface area (TPSA) is 43.8 Å². The average molecular weight is 255 g/mol. The van der Waals surface area contributed by atoms with E-state index in [1.807, 2.05) is 30.7 Å². The molecule has 0 bridgehead atoms. The van der Waals surface area contributed by atoms with Crippen molar-refractivity contribution < 1.29 is 0 Å². The molecule has 2 atom stereocenters. The van der Waals surface area contributed by atoms with Crippen molar-refractivity contribution in [2.45, 2.75) is 32.4 Å². The van der Waals surface area contributed by atoms with Crippen LogP contribution in [0.25, 0.3) is 0 Å². The molecule has 1 saturated carbocycles. The molecular formula is C16H21N3. The second kappa shape index (κ2) is 5.17. The summed E-state index contributed by atoms with van der Waals surface area (Å²) >= 11 is 0. The van der Waals surface area contributed by atoms with Gasteiger partial charge < -0.3 is 10.3 Å². The fraction of sp³-hybridized carbons (Fsp3) is 0.438. The minimum atomic E-state index is -0.0879. The van der Waals surface area contributed by atoms with Crippen molar-refractivity contribution in [3.8, 4) is 0 Å². The van der Waals surface area contributed by atoms with Crippen LogP contribution in [0.1, 0.15) is 37.1 Å². The highest BCUT2D eigenvalue weighted by Crippen LogP contribution is 2.37. The molecule has 0 amide bonds. The van der Waals surface area contributed by atoms with Crippen molar-refractivity contribution in [3.05, 3.63) is 54.1 Å². The monoisotopic (exact) mass is 255 g/mol. The fourth-order valence-corrected chi connectivity index (χ4v) is 2.70. The van der Waals surface area contributed by atoms with Crippen molar-refractivity contribution in [1.82, 2.24) is 9.55 Å². The molecule has 0 aliphatic heterocycles. The van der Waals surface area contributed by atoms with Crippen LogP contribution in [0.3, 0.4) is 0 Å². The number of aromatic nitrogens is 2. The van der Waals surface area contributed by atoms with E-state index >= 15 is 0 Å². The number of nitrogens with zero attached hydrogens (tertiary/aromatic N) is 2. The number of nitrogens with two attached hydrogens (primary N) is 1. The third-order valence-corrected chi connectivity index (χ3v) is 4.13. The van der Waals surface area contributed by atoms with E-state index in [0.29, 0.717) is 0 Å². The highest BCUT2D eigenvalue weighted by atomic mass is 15.1.